The Morgan fingerprint density at radius 3 is 2.48 bits per heavy atom. The number of carbonyl (C=O) groups is 2. The van der Waals surface area contributed by atoms with Gasteiger partial charge in [-0.15, -0.1) is 11.3 Å². The highest BCUT2D eigenvalue weighted by Gasteiger charge is 2.31. The number of aromatic nitrogens is 3. The minimum Gasteiger partial charge on any atom is -0.444 e. The number of carbonyl (C=O) groups excluding carboxylic acids is 2. The molecular formula is C34H32N4O3S. The van der Waals surface area contributed by atoms with E-state index in [0.717, 1.165) is 49.6 Å². The maximum absolute atomic E-state index is 12.6. The maximum atomic E-state index is 12.6. The highest BCUT2D eigenvalue weighted by atomic mass is 32.1. The van der Waals surface area contributed by atoms with Crippen molar-refractivity contribution in [3.63, 3.8) is 0 Å². The van der Waals surface area contributed by atoms with Gasteiger partial charge in [-0.2, -0.15) is 0 Å². The first-order valence-electron chi connectivity index (χ1n) is 14.0. The smallest absolute Gasteiger partial charge is 0.410 e. The van der Waals surface area contributed by atoms with Gasteiger partial charge in [0.25, 0.3) is 0 Å². The topological polar surface area (TPSA) is 85.3 Å². The fourth-order valence-electron chi connectivity index (χ4n) is 5.45. The Hall–Kier alpha value is -4.43. The van der Waals surface area contributed by atoms with Crippen LogP contribution in [0.4, 0.5) is 4.79 Å². The van der Waals surface area contributed by atoms with E-state index >= 15 is 0 Å². The summed E-state index contributed by atoms with van der Waals surface area (Å²) in [6.45, 7) is 10.9. The third-order valence-corrected chi connectivity index (χ3v) is 8.71. The lowest BCUT2D eigenvalue weighted by Crippen LogP contribution is -2.33. The molecule has 0 bridgehead atoms. The first-order chi connectivity index (χ1) is 20.1. The lowest BCUT2D eigenvalue weighted by atomic mass is 9.90. The lowest BCUT2D eigenvalue weighted by Gasteiger charge is -2.24. The highest BCUT2D eigenvalue weighted by molar-refractivity contribution is 7.15. The molecule has 0 unspecified atom stereocenters. The second-order valence-corrected chi connectivity index (χ2v) is 12.8. The molecule has 2 aromatic carbocycles. The van der Waals surface area contributed by atoms with E-state index in [-0.39, 0.29) is 6.09 Å². The first kappa shape index (κ1) is 27.7. The molecule has 0 atom stereocenters. The van der Waals surface area contributed by atoms with Crippen LogP contribution in [0.15, 0.2) is 60.9 Å². The second kappa shape index (κ2) is 10.8. The fourth-order valence-corrected chi connectivity index (χ4v) is 6.62. The number of hydrogen-bond donors (Lipinski definition) is 0. The van der Waals surface area contributed by atoms with Gasteiger partial charge >= 0.3 is 6.09 Å². The Morgan fingerprint density at radius 1 is 1.00 bits per heavy atom. The Bertz CT molecular complexity index is 1830. The van der Waals surface area contributed by atoms with Gasteiger partial charge in [-0.05, 0) is 74.6 Å². The van der Waals surface area contributed by atoms with Crippen molar-refractivity contribution in [3.05, 3.63) is 99.4 Å². The largest absolute Gasteiger partial charge is 0.444 e. The predicted molar refractivity (Wildman–Crippen MR) is 166 cm³/mol. The van der Waals surface area contributed by atoms with Crippen LogP contribution in [0.25, 0.3) is 32.6 Å². The summed E-state index contributed by atoms with van der Waals surface area (Å²) in [5, 5.41) is 1.88. The van der Waals surface area contributed by atoms with Gasteiger partial charge in [0.15, 0.2) is 6.29 Å². The summed E-state index contributed by atoms with van der Waals surface area (Å²) in [6.07, 6.45) is 4.52. The van der Waals surface area contributed by atoms with Gasteiger partial charge in [-0.3, -0.25) is 19.7 Å². The van der Waals surface area contributed by atoms with Crippen molar-refractivity contribution in [1.82, 2.24) is 19.9 Å². The van der Waals surface area contributed by atoms with Crippen LogP contribution in [0.2, 0.25) is 0 Å². The van der Waals surface area contributed by atoms with Crippen LogP contribution in [0.5, 0.6) is 0 Å². The van der Waals surface area contributed by atoms with Crippen molar-refractivity contribution in [2.75, 3.05) is 0 Å². The Labute approximate surface area is 249 Å². The zero-order chi connectivity index (χ0) is 29.6. The zero-order valence-corrected chi connectivity index (χ0v) is 25.2. The van der Waals surface area contributed by atoms with Crippen molar-refractivity contribution in [1.29, 1.82) is 0 Å². The molecular weight excluding hydrogens is 544 g/mol. The van der Waals surface area contributed by atoms with Crippen molar-refractivity contribution in [2.45, 2.75) is 59.7 Å². The molecule has 0 N–H and O–H groups in total. The van der Waals surface area contributed by atoms with Gasteiger partial charge in [0.2, 0.25) is 0 Å². The van der Waals surface area contributed by atoms with E-state index in [1.165, 1.54) is 22.3 Å². The van der Waals surface area contributed by atoms with Crippen molar-refractivity contribution >= 4 is 34.6 Å². The molecule has 0 saturated carbocycles. The lowest BCUT2D eigenvalue weighted by molar-refractivity contribution is 0.0241. The molecule has 8 heteroatoms. The molecule has 42 heavy (non-hydrogen) atoms. The number of rotatable bonds is 5. The summed E-state index contributed by atoms with van der Waals surface area (Å²) in [4.78, 5) is 40.7. The number of nitrogens with zero attached hydrogens (tertiary/aromatic N) is 4. The van der Waals surface area contributed by atoms with Gasteiger partial charge in [-0.1, -0.05) is 36.4 Å². The van der Waals surface area contributed by atoms with Crippen LogP contribution in [0.3, 0.4) is 0 Å². The third kappa shape index (κ3) is 5.30. The Kier molecular flexibility index (Phi) is 7.10. The molecule has 1 amide bonds. The number of benzene rings is 2. The van der Waals surface area contributed by atoms with E-state index in [0.29, 0.717) is 25.1 Å². The molecule has 7 nitrogen and oxygen atoms in total. The van der Waals surface area contributed by atoms with Gasteiger partial charge in [0.05, 0.1) is 30.0 Å². The minimum atomic E-state index is -0.526. The van der Waals surface area contributed by atoms with E-state index in [9.17, 15) is 9.59 Å². The molecule has 0 fully saturated rings. The molecule has 0 aliphatic carbocycles. The number of fused-ring (bicyclic) bond motifs is 2. The summed E-state index contributed by atoms with van der Waals surface area (Å²) < 4.78 is 5.55. The average Bonchev–Trinajstić information content (AvgIpc) is 3.53. The first-order valence-corrected chi connectivity index (χ1v) is 14.8. The summed E-state index contributed by atoms with van der Waals surface area (Å²) >= 11 is 1.65. The minimum absolute atomic E-state index is 0.303. The molecule has 6 rings (SSSR count). The summed E-state index contributed by atoms with van der Waals surface area (Å²) in [5.41, 5.74) is 9.64. The number of amides is 1. The zero-order valence-electron chi connectivity index (χ0n) is 24.4. The van der Waals surface area contributed by atoms with E-state index in [1.807, 2.05) is 32.9 Å². The molecule has 4 heterocycles. The molecule has 0 radical (unpaired) electrons. The average molecular weight is 577 g/mol. The third-order valence-electron chi connectivity index (χ3n) is 7.60. The van der Waals surface area contributed by atoms with Gasteiger partial charge in [-0.25, -0.2) is 9.78 Å². The molecule has 0 saturated heterocycles. The predicted octanol–water partition coefficient (Wildman–Crippen LogP) is 7.69. The van der Waals surface area contributed by atoms with Gasteiger partial charge < -0.3 is 4.74 Å². The van der Waals surface area contributed by atoms with Crippen molar-refractivity contribution < 1.29 is 14.3 Å². The number of thiazole rings is 1. The van der Waals surface area contributed by atoms with E-state index in [2.05, 4.69) is 60.2 Å². The van der Waals surface area contributed by atoms with Crippen LogP contribution in [-0.4, -0.2) is 37.8 Å². The molecule has 0 spiro atoms. The van der Waals surface area contributed by atoms with Gasteiger partial charge in [0.1, 0.15) is 10.6 Å². The molecule has 3 aromatic heterocycles. The number of ether oxygens (including phenoxy) is 1. The maximum Gasteiger partial charge on any atom is 0.410 e. The summed E-state index contributed by atoms with van der Waals surface area (Å²) in [6, 6.07) is 16.5. The van der Waals surface area contributed by atoms with Gasteiger partial charge in [0, 0.05) is 40.2 Å². The van der Waals surface area contributed by atoms with Crippen LogP contribution in [0, 0.1) is 13.8 Å². The monoisotopic (exact) mass is 576 g/mol. The number of aldehydes is 1. The van der Waals surface area contributed by atoms with Crippen molar-refractivity contribution in [2.24, 2.45) is 0 Å². The van der Waals surface area contributed by atoms with Crippen molar-refractivity contribution in [3.8, 4) is 21.7 Å². The summed E-state index contributed by atoms with van der Waals surface area (Å²) in [7, 11) is 0. The Balaban J connectivity index is 1.28. The molecule has 1 aliphatic heterocycles. The summed E-state index contributed by atoms with van der Waals surface area (Å²) in [5.74, 6) is 0. The molecule has 1 aliphatic rings. The SMILES string of the molecule is Cc1c(Cc2nccc3cc(C=O)cnc23)cccc1-c1cccc(-c2nc3c(s2)CN(C(=O)OC(C)(C)C)C3)c1C. The number of pyridine rings is 2. The standard InChI is InChI=1S/C34H32N4O3S/c1-20-23(15-28-31-24(12-13-35-28)14-22(19-39)16-36-31)8-6-9-25(20)26-10-7-11-27(21(26)2)32-37-29-17-38(18-30(29)42-32)33(40)41-34(3,4)5/h6-14,16,19H,15,17-18H2,1-5H3. The Morgan fingerprint density at radius 2 is 1.74 bits per heavy atom. The highest BCUT2D eigenvalue weighted by Crippen LogP contribution is 2.39. The van der Waals surface area contributed by atoms with Crippen LogP contribution >= 0.6 is 11.3 Å². The van der Waals surface area contributed by atoms with E-state index in [4.69, 9.17) is 9.72 Å². The normalized spacial score (nSPS) is 12.9. The van der Waals surface area contributed by atoms with Crippen LogP contribution in [0.1, 0.15) is 64.1 Å². The van der Waals surface area contributed by atoms with E-state index < -0.39 is 5.60 Å². The molecule has 5 aromatic rings. The molecule has 212 valence electrons. The van der Waals surface area contributed by atoms with Crippen LogP contribution in [-0.2, 0) is 24.2 Å². The van der Waals surface area contributed by atoms with Crippen LogP contribution < -0.4 is 0 Å². The quantitative estimate of drug-likeness (QED) is 0.199. The number of hydrogen-bond acceptors (Lipinski definition) is 7. The second-order valence-electron chi connectivity index (χ2n) is 11.7. The van der Waals surface area contributed by atoms with E-state index in [1.54, 1.807) is 28.6 Å². The fraction of sp³-hybridized carbons (Fsp3) is 0.265.